The Morgan fingerprint density at radius 2 is 1.71 bits per heavy atom. The van der Waals surface area contributed by atoms with Gasteiger partial charge < -0.3 is 10.6 Å². The Morgan fingerprint density at radius 3 is 2.38 bits per heavy atom. The molecule has 0 aliphatic carbocycles. The molecule has 2 aromatic carbocycles. The molecule has 0 aromatic heterocycles. The molecule has 1 aliphatic rings. The van der Waals surface area contributed by atoms with Gasteiger partial charge in [-0.15, -0.1) is 0 Å². The van der Waals surface area contributed by atoms with Gasteiger partial charge in [0.1, 0.15) is 0 Å². The Hall–Kier alpha value is -1.55. The number of benzene rings is 2. The van der Waals surface area contributed by atoms with E-state index in [1.807, 2.05) is 13.0 Å². The molecule has 24 heavy (non-hydrogen) atoms. The number of hydrogen-bond donors (Lipinski definition) is 1. The smallest absolute Gasteiger partial charge is 0.0644 e. The molecular formula is C20H26ClN3. The first-order valence-electron chi connectivity index (χ1n) is 8.66. The second kappa shape index (κ2) is 7.56. The number of hydrogen-bond acceptors (Lipinski definition) is 3. The molecule has 0 bridgehead atoms. The summed E-state index contributed by atoms with van der Waals surface area (Å²) in [5, 5.41) is 0.631. The van der Waals surface area contributed by atoms with Gasteiger partial charge in [-0.3, -0.25) is 4.90 Å². The van der Waals surface area contributed by atoms with E-state index in [1.165, 1.54) is 24.2 Å². The summed E-state index contributed by atoms with van der Waals surface area (Å²) < 4.78 is 0. The molecule has 1 heterocycles. The molecule has 0 spiro atoms. The predicted octanol–water partition coefficient (Wildman–Crippen LogP) is 4.04. The van der Waals surface area contributed by atoms with Crippen LogP contribution in [0.1, 0.15) is 18.1 Å². The Bertz CT molecular complexity index is 683. The molecule has 4 heteroatoms. The van der Waals surface area contributed by atoms with E-state index < -0.39 is 0 Å². The standard InChI is InChI=1S/C20H26ClN3/c1-3-23-7-9-24(10-8-23)14-16-5-4-6-17(12-16)18-11-15(2)20(22)19(21)13-18/h4-6,11-13H,3,7-10,14,22H2,1-2H3. The van der Waals surface area contributed by atoms with Crippen molar-refractivity contribution in [2.24, 2.45) is 0 Å². The maximum Gasteiger partial charge on any atom is 0.0644 e. The van der Waals surface area contributed by atoms with Gasteiger partial charge in [-0.25, -0.2) is 0 Å². The van der Waals surface area contributed by atoms with E-state index in [0.717, 1.165) is 37.3 Å². The fraction of sp³-hybridized carbons (Fsp3) is 0.400. The van der Waals surface area contributed by atoms with Crippen molar-refractivity contribution in [3.8, 4) is 11.1 Å². The van der Waals surface area contributed by atoms with Crippen molar-refractivity contribution >= 4 is 17.3 Å². The summed E-state index contributed by atoms with van der Waals surface area (Å²) in [4.78, 5) is 5.04. The molecule has 0 saturated carbocycles. The average Bonchev–Trinajstić information content (AvgIpc) is 2.60. The molecule has 0 radical (unpaired) electrons. The molecule has 1 fully saturated rings. The van der Waals surface area contributed by atoms with Gasteiger partial charge in [-0.2, -0.15) is 0 Å². The molecule has 0 unspecified atom stereocenters. The Balaban J connectivity index is 1.75. The van der Waals surface area contributed by atoms with E-state index in [4.69, 9.17) is 17.3 Å². The zero-order valence-electron chi connectivity index (χ0n) is 14.6. The highest BCUT2D eigenvalue weighted by molar-refractivity contribution is 6.33. The predicted molar refractivity (Wildman–Crippen MR) is 103 cm³/mol. The van der Waals surface area contributed by atoms with Gasteiger partial charge in [-0.05, 0) is 53.9 Å². The van der Waals surface area contributed by atoms with Crippen molar-refractivity contribution in [3.05, 3.63) is 52.5 Å². The molecule has 2 aromatic rings. The fourth-order valence-electron chi connectivity index (χ4n) is 3.29. The molecule has 2 N–H and O–H groups in total. The number of rotatable bonds is 4. The molecule has 128 valence electrons. The normalized spacial score (nSPS) is 16.5. The van der Waals surface area contributed by atoms with Gasteiger partial charge in [0, 0.05) is 32.7 Å². The Labute approximate surface area is 150 Å². The number of piperazine rings is 1. The Morgan fingerprint density at radius 1 is 1.00 bits per heavy atom. The van der Waals surface area contributed by atoms with E-state index in [9.17, 15) is 0 Å². The lowest BCUT2D eigenvalue weighted by molar-refractivity contribution is 0.132. The van der Waals surface area contributed by atoms with Crippen LogP contribution in [0.4, 0.5) is 5.69 Å². The van der Waals surface area contributed by atoms with E-state index in [-0.39, 0.29) is 0 Å². The van der Waals surface area contributed by atoms with Gasteiger partial charge in [0.15, 0.2) is 0 Å². The second-order valence-corrected chi connectivity index (χ2v) is 7.01. The van der Waals surface area contributed by atoms with Crippen LogP contribution in [0.2, 0.25) is 5.02 Å². The maximum atomic E-state index is 6.25. The number of nitrogens with zero attached hydrogens (tertiary/aromatic N) is 2. The summed E-state index contributed by atoms with van der Waals surface area (Å²) in [6.45, 7) is 11.0. The number of halogens is 1. The lowest BCUT2D eigenvalue weighted by Gasteiger charge is -2.34. The minimum absolute atomic E-state index is 0.631. The van der Waals surface area contributed by atoms with Crippen molar-refractivity contribution < 1.29 is 0 Å². The van der Waals surface area contributed by atoms with Crippen LogP contribution in [0.15, 0.2) is 36.4 Å². The zero-order valence-corrected chi connectivity index (χ0v) is 15.3. The van der Waals surface area contributed by atoms with E-state index >= 15 is 0 Å². The van der Waals surface area contributed by atoms with Crippen LogP contribution in [-0.2, 0) is 6.54 Å². The summed E-state index contributed by atoms with van der Waals surface area (Å²) >= 11 is 6.25. The summed E-state index contributed by atoms with van der Waals surface area (Å²) in [6.07, 6.45) is 0. The lowest BCUT2D eigenvalue weighted by atomic mass is 10.0. The van der Waals surface area contributed by atoms with Gasteiger partial charge >= 0.3 is 0 Å². The first-order valence-corrected chi connectivity index (χ1v) is 9.04. The third-order valence-electron chi connectivity index (χ3n) is 4.91. The van der Waals surface area contributed by atoms with Crippen LogP contribution < -0.4 is 5.73 Å². The minimum atomic E-state index is 0.631. The lowest BCUT2D eigenvalue weighted by Crippen LogP contribution is -2.45. The van der Waals surface area contributed by atoms with Gasteiger partial charge in [0.2, 0.25) is 0 Å². The Kier molecular flexibility index (Phi) is 5.44. The molecule has 1 aliphatic heterocycles. The highest BCUT2D eigenvalue weighted by Gasteiger charge is 2.15. The molecule has 0 atom stereocenters. The monoisotopic (exact) mass is 343 g/mol. The van der Waals surface area contributed by atoms with Gasteiger partial charge in [-0.1, -0.05) is 36.7 Å². The summed E-state index contributed by atoms with van der Waals surface area (Å²) in [6, 6.07) is 12.8. The minimum Gasteiger partial charge on any atom is -0.397 e. The number of nitrogens with two attached hydrogens (primary N) is 1. The summed E-state index contributed by atoms with van der Waals surface area (Å²) in [5.74, 6) is 0. The number of anilines is 1. The van der Waals surface area contributed by atoms with E-state index in [1.54, 1.807) is 0 Å². The van der Waals surface area contributed by atoms with Gasteiger partial charge in [0.25, 0.3) is 0 Å². The summed E-state index contributed by atoms with van der Waals surface area (Å²) in [7, 11) is 0. The number of likely N-dealkylation sites (N-methyl/N-ethyl adjacent to an activating group) is 1. The van der Waals surface area contributed by atoms with Crippen molar-refractivity contribution in [2.75, 3.05) is 38.5 Å². The third kappa shape index (κ3) is 3.92. The first-order chi connectivity index (χ1) is 11.6. The molecule has 0 amide bonds. The van der Waals surface area contributed by atoms with Gasteiger partial charge in [0.05, 0.1) is 10.7 Å². The van der Waals surface area contributed by atoms with E-state index in [0.29, 0.717) is 10.7 Å². The molecule has 1 saturated heterocycles. The van der Waals surface area contributed by atoms with Crippen LogP contribution in [-0.4, -0.2) is 42.5 Å². The summed E-state index contributed by atoms with van der Waals surface area (Å²) in [5.41, 5.74) is 11.3. The van der Waals surface area contributed by atoms with Crippen LogP contribution in [0.3, 0.4) is 0 Å². The number of nitrogen functional groups attached to an aromatic ring is 1. The molecule has 3 nitrogen and oxygen atoms in total. The fourth-order valence-corrected chi connectivity index (χ4v) is 3.56. The van der Waals surface area contributed by atoms with Crippen molar-refractivity contribution in [1.82, 2.24) is 9.80 Å². The highest BCUT2D eigenvalue weighted by atomic mass is 35.5. The quantitative estimate of drug-likeness (QED) is 0.850. The third-order valence-corrected chi connectivity index (χ3v) is 5.23. The van der Waals surface area contributed by atoms with Crippen molar-refractivity contribution in [1.29, 1.82) is 0 Å². The molecular weight excluding hydrogens is 318 g/mol. The van der Waals surface area contributed by atoms with Crippen LogP contribution >= 0.6 is 11.6 Å². The topological polar surface area (TPSA) is 32.5 Å². The van der Waals surface area contributed by atoms with Crippen LogP contribution in [0, 0.1) is 6.92 Å². The van der Waals surface area contributed by atoms with Crippen molar-refractivity contribution in [3.63, 3.8) is 0 Å². The average molecular weight is 344 g/mol. The van der Waals surface area contributed by atoms with Crippen molar-refractivity contribution in [2.45, 2.75) is 20.4 Å². The second-order valence-electron chi connectivity index (χ2n) is 6.60. The largest absolute Gasteiger partial charge is 0.397 e. The van der Waals surface area contributed by atoms with E-state index in [2.05, 4.69) is 47.1 Å². The highest BCUT2D eigenvalue weighted by Crippen LogP contribution is 2.30. The van der Waals surface area contributed by atoms with Crippen LogP contribution in [0.25, 0.3) is 11.1 Å². The first kappa shape index (κ1) is 17.3. The zero-order chi connectivity index (χ0) is 17.1. The molecule has 3 rings (SSSR count). The SMILES string of the molecule is CCN1CCN(Cc2cccc(-c3cc(C)c(N)c(Cl)c3)c2)CC1. The van der Waals surface area contributed by atoms with Crippen LogP contribution in [0.5, 0.6) is 0 Å². The number of aryl methyl sites for hydroxylation is 1. The maximum absolute atomic E-state index is 6.25.